The number of pyridine rings is 2. The van der Waals surface area contributed by atoms with Crippen LogP contribution in [0.3, 0.4) is 0 Å². The van der Waals surface area contributed by atoms with E-state index in [2.05, 4.69) is 15.6 Å². The van der Waals surface area contributed by atoms with Crippen LogP contribution in [0.1, 0.15) is 43.2 Å². The summed E-state index contributed by atoms with van der Waals surface area (Å²) in [4.78, 5) is 39.1. The monoisotopic (exact) mass is 627 g/mol. The molecule has 0 saturated heterocycles. The lowest BCUT2D eigenvalue weighted by Gasteiger charge is -2.69. The van der Waals surface area contributed by atoms with E-state index in [1.54, 1.807) is 21.3 Å². The van der Waals surface area contributed by atoms with Crippen LogP contribution in [0.15, 0.2) is 47.7 Å². The number of aromatic nitrogens is 4. The predicted molar refractivity (Wildman–Crippen MR) is 170 cm³/mol. The first kappa shape index (κ1) is 28.8. The lowest BCUT2D eigenvalue weighted by molar-refractivity contribution is -0.262. The van der Waals surface area contributed by atoms with Crippen LogP contribution in [0.2, 0.25) is 0 Å². The normalized spacial score (nSPS) is 26.0. The average Bonchev–Trinajstić information content (AvgIpc) is 3.43. The van der Waals surface area contributed by atoms with Gasteiger partial charge in [0.05, 0.1) is 49.8 Å². The highest BCUT2D eigenvalue weighted by molar-refractivity contribution is 5.95. The van der Waals surface area contributed by atoms with Gasteiger partial charge in [0.2, 0.25) is 0 Å². The van der Waals surface area contributed by atoms with Crippen LogP contribution in [0, 0.1) is 0 Å². The van der Waals surface area contributed by atoms with E-state index in [9.17, 15) is 9.59 Å². The van der Waals surface area contributed by atoms with Crippen LogP contribution in [0.5, 0.6) is 11.5 Å². The maximum Gasteiger partial charge on any atom is 0.328 e. The number of nitrogens with zero attached hydrogens (tertiary/aromatic N) is 5. The molecule has 2 atom stereocenters. The number of hydrogen-bond donors (Lipinski definition) is 2. The van der Waals surface area contributed by atoms with E-state index in [1.807, 2.05) is 53.0 Å². The first-order chi connectivity index (χ1) is 22.2. The van der Waals surface area contributed by atoms with Crippen LogP contribution in [-0.2, 0) is 28.2 Å². The number of amides is 1. The second-order valence-electron chi connectivity index (χ2n) is 13.0. The van der Waals surface area contributed by atoms with Crippen molar-refractivity contribution in [3.8, 4) is 11.5 Å². The number of anilines is 3. The molecule has 1 amide bonds. The molecule has 9 rings (SSSR count). The van der Waals surface area contributed by atoms with E-state index in [1.165, 1.54) is 10.9 Å². The maximum atomic E-state index is 14.0. The second-order valence-corrected chi connectivity index (χ2v) is 13.0. The van der Waals surface area contributed by atoms with Gasteiger partial charge < -0.3 is 39.0 Å². The fraction of sp³-hybridized carbons (Fsp3) is 0.455. The van der Waals surface area contributed by atoms with E-state index < -0.39 is 0 Å². The van der Waals surface area contributed by atoms with Crippen molar-refractivity contribution in [2.75, 3.05) is 38.6 Å². The number of hydrogen-bond acceptors (Lipinski definition) is 10. The number of benzene rings is 1. The Bertz CT molecular complexity index is 1920. The molecule has 13 nitrogen and oxygen atoms in total. The first-order valence-corrected chi connectivity index (χ1v) is 15.5. The summed E-state index contributed by atoms with van der Waals surface area (Å²) < 4.78 is 26.3. The topological polar surface area (TPSA) is 134 Å². The molecule has 4 heterocycles. The zero-order chi connectivity index (χ0) is 31.8. The fourth-order valence-electron chi connectivity index (χ4n) is 7.48. The number of imidazole rings is 1. The van der Waals surface area contributed by atoms with Crippen molar-refractivity contribution in [2.24, 2.45) is 0 Å². The Morgan fingerprint density at radius 2 is 1.91 bits per heavy atom. The summed E-state index contributed by atoms with van der Waals surface area (Å²) in [6.45, 7) is 0.788. The second kappa shape index (κ2) is 10.5. The molecular formula is C33H37N7O6. The Balaban J connectivity index is 1.23. The molecule has 3 aromatic heterocycles. The largest absolute Gasteiger partial charge is 0.497 e. The molecule has 46 heavy (non-hydrogen) atoms. The van der Waals surface area contributed by atoms with Gasteiger partial charge in [-0.15, -0.1) is 0 Å². The minimum Gasteiger partial charge on any atom is -0.497 e. The molecule has 5 aliphatic rings. The standard InChI is InChI=1S/C33H37N7O6/c1-38(13-20-5-6-21(43-2)10-26(20)44-3)24-11-27-35-23-9-19(12-40(30(23)41)32-15-33(16-32,17-32)45-4)14-46-25-8-7-22(25)36-31(42)39-18-34-28(24)29(39)37-27/h5-6,9-12,18,22,25H,7-8,13-17H2,1-4H3,(H,35,37)(H,36,42)/t22-,25-,32?,33?/m1/s1. The summed E-state index contributed by atoms with van der Waals surface area (Å²) in [5.74, 6) is 1.80. The Morgan fingerprint density at radius 1 is 1.09 bits per heavy atom. The Morgan fingerprint density at radius 3 is 2.63 bits per heavy atom. The Hall–Kier alpha value is -4.62. The summed E-state index contributed by atoms with van der Waals surface area (Å²) in [5.41, 5.74) is 3.35. The summed E-state index contributed by atoms with van der Waals surface area (Å²) in [6.07, 6.45) is 7.37. The number of ether oxygens (including phenoxy) is 4. The third kappa shape index (κ3) is 4.43. The van der Waals surface area contributed by atoms with Crippen LogP contribution < -0.4 is 30.6 Å². The van der Waals surface area contributed by atoms with E-state index >= 15 is 0 Å². The summed E-state index contributed by atoms with van der Waals surface area (Å²) in [7, 11) is 6.93. The van der Waals surface area contributed by atoms with Crippen LogP contribution in [-0.4, -0.2) is 71.3 Å². The highest BCUT2D eigenvalue weighted by Gasteiger charge is 2.70. The molecule has 240 valence electrons. The molecule has 1 aromatic carbocycles. The number of nitrogens with one attached hydrogen (secondary N) is 2. The lowest BCUT2D eigenvalue weighted by atomic mass is 9.46. The summed E-state index contributed by atoms with van der Waals surface area (Å²) in [6, 6.07) is 8.93. The van der Waals surface area contributed by atoms with Crippen molar-refractivity contribution in [3.05, 3.63) is 64.3 Å². The van der Waals surface area contributed by atoms with Gasteiger partial charge in [-0.1, -0.05) is 0 Å². The van der Waals surface area contributed by atoms with Gasteiger partial charge in [-0.05, 0) is 36.6 Å². The van der Waals surface area contributed by atoms with Crippen molar-refractivity contribution in [2.45, 2.75) is 68.5 Å². The highest BCUT2D eigenvalue weighted by Crippen LogP contribution is 2.66. The maximum absolute atomic E-state index is 14.0. The van der Waals surface area contributed by atoms with Gasteiger partial charge in [0, 0.05) is 63.9 Å². The van der Waals surface area contributed by atoms with Crippen LogP contribution >= 0.6 is 0 Å². The van der Waals surface area contributed by atoms with Crippen molar-refractivity contribution in [1.29, 1.82) is 0 Å². The quantitative estimate of drug-likeness (QED) is 0.311. The molecule has 4 fully saturated rings. The van der Waals surface area contributed by atoms with Gasteiger partial charge in [0.15, 0.2) is 5.65 Å². The molecular weight excluding hydrogens is 590 g/mol. The number of fused-ring (bicyclic) bond motifs is 4. The third-order valence-electron chi connectivity index (χ3n) is 10.2. The molecule has 6 bridgehead atoms. The fourth-order valence-corrected chi connectivity index (χ4v) is 7.48. The predicted octanol–water partition coefficient (Wildman–Crippen LogP) is 3.89. The number of carbonyl (C=O) groups excluding carboxylic acids is 1. The number of methoxy groups -OCH3 is 3. The molecule has 4 saturated carbocycles. The molecule has 4 aliphatic carbocycles. The molecule has 1 aliphatic heterocycles. The van der Waals surface area contributed by atoms with E-state index in [0.717, 1.165) is 48.9 Å². The average molecular weight is 628 g/mol. The van der Waals surface area contributed by atoms with Gasteiger partial charge in [-0.25, -0.2) is 19.3 Å². The van der Waals surface area contributed by atoms with Gasteiger partial charge >= 0.3 is 6.03 Å². The lowest BCUT2D eigenvalue weighted by Crippen LogP contribution is -2.74. The van der Waals surface area contributed by atoms with Crippen molar-refractivity contribution in [1.82, 2.24) is 24.4 Å². The summed E-state index contributed by atoms with van der Waals surface area (Å²) in [5, 5.41) is 6.43. The van der Waals surface area contributed by atoms with Gasteiger partial charge in [0.25, 0.3) is 5.56 Å². The van der Waals surface area contributed by atoms with Gasteiger partial charge in [0.1, 0.15) is 34.8 Å². The van der Waals surface area contributed by atoms with Crippen molar-refractivity contribution in [3.63, 3.8) is 0 Å². The molecule has 0 spiro atoms. The zero-order valence-electron chi connectivity index (χ0n) is 26.3. The van der Waals surface area contributed by atoms with E-state index in [0.29, 0.717) is 47.3 Å². The number of carbonyl (C=O) groups is 1. The molecule has 13 heteroatoms. The van der Waals surface area contributed by atoms with Crippen molar-refractivity contribution >= 4 is 34.4 Å². The molecule has 0 unspecified atom stereocenters. The highest BCUT2D eigenvalue weighted by atomic mass is 16.5. The third-order valence-corrected chi connectivity index (χ3v) is 10.2. The van der Waals surface area contributed by atoms with Crippen molar-refractivity contribution < 1.29 is 23.7 Å². The van der Waals surface area contributed by atoms with Gasteiger partial charge in [-0.2, -0.15) is 0 Å². The minimum atomic E-state index is -0.329. The van der Waals surface area contributed by atoms with E-state index in [4.69, 9.17) is 23.9 Å². The zero-order valence-corrected chi connectivity index (χ0v) is 26.3. The van der Waals surface area contributed by atoms with Crippen LogP contribution in [0.4, 0.5) is 22.0 Å². The Labute approximate surface area is 265 Å². The minimum absolute atomic E-state index is 0.120. The molecule has 4 aromatic rings. The molecule has 2 N–H and O–H groups in total. The smallest absolute Gasteiger partial charge is 0.328 e. The van der Waals surface area contributed by atoms with Crippen LogP contribution in [0.25, 0.3) is 11.2 Å². The van der Waals surface area contributed by atoms with Gasteiger partial charge in [-0.3, -0.25) is 4.79 Å². The van der Waals surface area contributed by atoms with E-state index in [-0.39, 0.29) is 34.9 Å². The summed E-state index contributed by atoms with van der Waals surface area (Å²) >= 11 is 0. The number of rotatable bonds is 7. The molecule has 0 radical (unpaired) electrons. The first-order valence-electron chi connectivity index (χ1n) is 15.5. The Kier molecular flexibility index (Phi) is 6.55. The SMILES string of the molecule is COc1ccc(CN(C)c2cc3nc4c2ncn4C(=O)N[C@@H]2CC[C@H]2OCc2cc(c(=O)n(C45CC(OC)(C4)C5)c2)N3)c(OC)c1.